The van der Waals surface area contributed by atoms with Crippen molar-refractivity contribution in [1.29, 1.82) is 0 Å². The van der Waals surface area contributed by atoms with Crippen LogP contribution in [0, 0.1) is 0 Å². The van der Waals surface area contributed by atoms with Crippen LogP contribution in [0.2, 0.25) is 0 Å². The van der Waals surface area contributed by atoms with E-state index in [1.807, 2.05) is 13.8 Å². The number of aromatic hydroxyl groups is 1. The summed E-state index contributed by atoms with van der Waals surface area (Å²) >= 11 is 0. The molecule has 6 nitrogen and oxygen atoms in total. The molecule has 1 heterocycles. The number of benzene rings is 1. The largest absolute Gasteiger partial charge is 0.508 e. The molecule has 2 N–H and O–H groups in total. The molecule has 2 rings (SSSR count). The van der Waals surface area contributed by atoms with Gasteiger partial charge in [0, 0.05) is 18.3 Å². The highest BCUT2D eigenvalue weighted by Gasteiger charge is 2.15. The van der Waals surface area contributed by atoms with Crippen molar-refractivity contribution in [2.45, 2.75) is 26.5 Å². The Kier molecular flexibility index (Phi) is 3.93. The normalized spacial score (nSPS) is 10.8. The summed E-state index contributed by atoms with van der Waals surface area (Å²) in [6.07, 6.45) is 1.49. The zero-order valence-electron chi connectivity index (χ0n) is 11.3. The second-order valence-corrected chi connectivity index (χ2v) is 4.63. The number of phenols is 1. The van der Waals surface area contributed by atoms with Crippen molar-refractivity contribution >= 4 is 5.97 Å². The Morgan fingerprint density at radius 1 is 1.45 bits per heavy atom. The molecule has 0 amide bonds. The zero-order valence-corrected chi connectivity index (χ0v) is 11.3. The van der Waals surface area contributed by atoms with E-state index in [4.69, 9.17) is 9.84 Å². The third-order valence-corrected chi connectivity index (χ3v) is 2.77. The van der Waals surface area contributed by atoms with Gasteiger partial charge in [-0.1, -0.05) is 6.07 Å². The fourth-order valence-corrected chi connectivity index (χ4v) is 1.81. The van der Waals surface area contributed by atoms with Gasteiger partial charge in [0.2, 0.25) is 0 Å². The van der Waals surface area contributed by atoms with Gasteiger partial charge in [-0.2, -0.15) is 0 Å². The van der Waals surface area contributed by atoms with Gasteiger partial charge in [0.15, 0.2) is 5.69 Å². The minimum atomic E-state index is -1.07. The first-order valence-corrected chi connectivity index (χ1v) is 6.20. The maximum Gasteiger partial charge on any atom is 0.356 e. The van der Waals surface area contributed by atoms with Gasteiger partial charge in [-0.25, -0.2) is 9.78 Å². The maximum absolute atomic E-state index is 11.0. The second kappa shape index (κ2) is 5.64. The molecule has 0 aliphatic heterocycles. The Morgan fingerprint density at radius 3 is 2.80 bits per heavy atom. The molecule has 1 aromatic heterocycles. The summed E-state index contributed by atoms with van der Waals surface area (Å²) < 4.78 is 7.28. The number of carboxylic acids is 1. The first kappa shape index (κ1) is 13.9. The molecule has 6 heteroatoms. The monoisotopic (exact) mass is 276 g/mol. The van der Waals surface area contributed by atoms with Gasteiger partial charge in [-0.05, 0) is 26.0 Å². The van der Waals surface area contributed by atoms with Crippen molar-refractivity contribution in [3.63, 3.8) is 0 Å². The van der Waals surface area contributed by atoms with Gasteiger partial charge in [-0.3, -0.25) is 0 Å². The predicted octanol–water partition coefficient (Wildman–Crippen LogP) is 2.45. The van der Waals surface area contributed by atoms with E-state index in [0.29, 0.717) is 11.6 Å². The number of carbonyl (C=O) groups is 1. The molecule has 0 unspecified atom stereocenters. The zero-order chi connectivity index (χ0) is 14.7. The van der Waals surface area contributed by atoms with Gasteiger partial charge in [0.1, 0.15) is 23.9 Å². The van der Waals surface area contributed by atoms with Crippen LogP contribution in [0.1, 0.15) is 36.2 Å². The summed E-state index contributed by atoms with van der Waals surface area (Å²) in [6, 6.07) is 6.49. The van der Waals surface area contributed by atoms with Gasteiger partial charge in [0.25, 0.3) is 0 Å². The number of carboxylic acid groups (broad SMARTS) is 1. The average molecular weight is 276 g/mol. The molecule has 0 fully saturated rings. The summed E-state index contributed by atoms with van der Waals surface area (Å²) in [5, 5.41) is 18.3. The molecular formula is C14H16N2O4. The summed E-state index contributed by atoms with van der Waals surface area (Å²) in [6.45, 7) is 4.01. The molecule has 2 aromatic rings. The Labute approximate surface area is 116 Å². The fourth-order valence-electron chi connectivity index (χ4n) is 1.81. The second-order valence-electron chi connectivity index (χ2n) is 4.63. The lowest BCUT2D eigenvalue weighted by Crippen LogP contribution is -2.08. The molecule has 0 atom stereocenters. The average Bonchev–Trinajstić information content (AvgIpc) is 2.81. The predicted molar refractivity (Wildman–Crippen MR) is 72.0 cm³/mol. The number of phenolic OH excluding ortho intramolecular Hbond substituents is 1. The van der Waals surface area contributed by atoms with Crippen LogP contribution in [-0.2, 0) is 6.61 Å². The van der Waals surface area contributed by atoms with E-state index in [1.54, 1.807) is 22.8 Å². The van der Waals surface area contributed by atoms with Crippen molar-refractivity contribution in [1.82, 2.24) is 9.55 Å². The number of imidazole rings is 1. The van der Waals surface area contributed by atoms with Crippen LogP contribution in [0.5, 0.6) is 11.5 Å². The fraction of sp³-hybridized carbons (Fsp3) is 0.286. The minimum absolute atomic E-state index is 0.00629. The molecule has 20 heavy (non-hydrogen) atoms. The Morgan fingerprint density at radius 2 is 2.20 bits per heavy atom. The Balaban J connectivity index is 2.18. The van der Waals surface area contributed by atoms with Crippen molar-refractivity contribution in [3.05, 3.63) is 42.0 Å². The van der Waals surface area contributed by atoms with Gasteiger partial charge in [0.05, 0.1) is 0 Å². The molecule has 0 aliphatic rings. The summed E-state index contributed by atoms with van der Waals surface area (Å²) in [7, 11) is 0. The Bertz CT molecular complexity index is 619. The smallest absolute Gasteiger partial charge is 0.356 e. The molecular weight excluding hydrogens is 260 g/mol. The van der Waals surface area contributed by atoms with Crippen LogP contribution in [0.15, 0.2) is 30.5 Å². The van der Waals surface area contributed by atoms with Crippen LogP contribution in [0.3, 0.4) is 0 Å². The summed E-state index contributed by atoms with van der Waals surface area (Å²) in [5.41, 5.74) is -0.00629. The molecule has 0 aliphatic carbocycles. The molecule has 0 saturated carbocycles. The topological polar surface area (TPSA) is 84.6 Å². The standard InChI is InChI=1S/C14H16N2O4/c1-9(2)16-7-12(14(18)19)15-13(16)8-20-11-5-3-4-10(17)6-11/h3-7,9,17H,8H2,1-2H3,(H,18,19). The molecule has 0 saturated heterocycles. The van der Waals surface area contributed by atoms with E-state index in [2.05, 4.69) is 4.98 Å². The third-order valence-electron chi connectivity index (χ3n) is 2.77. The highest BCUT2D eigenvalue weighted by molar-refractivity contribution is 5.85. The number of nitrogens with zero attached hydrogens (tertiary/aromatic N) is 2. The van der Waals surface area contributed by atoms with Crippen LogP contribution in [-0.4, -0.2) is 25.7 Å². The van der Waals surface area contributed by atoms with Gasteiger partial charge >= 0.3 is 5.97 Å². The van der Waals surface area contributed by atoms with Crippen molar-refractivity contribution < 1.29 is 19.7 Å². The van der Waals surface area contributed by atoms with Crippen LogP contribution < -0.4 is 4.74 Å². The highest BCUT2D eigenvalue weighted by atomic mass is 16.5. The van der Waals surface area contributed by atoms with Crippen molar-refractivity contribution in [3.8, 4) is 11.5 Å². The van der Waals surface area contributed by atoms with E-state index in [-0.39, 0.29) is 24.1 Å². The lowest BCUT2D eigenvalue weighted by atomic mass is 10.3. The van der Waals surface area contributed by atoms with Crippen LogP contribution >= 0.6 is 0 Å². The SMILES string of the molecule is CC(C)n1cc(C(=O)O)nc1COc1cccc(O)c1. The molecule has 106 valence electrons. The first-order valence-electron chi connectivity index (χ1n) is 6.20. The summed E-state index contributed by atoms with van der Waals surface area (Å²) in [4.78, 5) is 15.0. The molecule has 0 spiro atoms. The lowest BCUT2D eigenvalue weighted by Gasteiger charge is -2.12. The van der Waals surface area contributed by atoms with E-state index in [1.165, 1.54) is 12.3 Å². The number of hydrogen-bond donors (Lipinski definition) is 2. The lowest BCUT2D eigenvalue weighted by molar-refractivity contribution is 0.0690. The van der Waals surface area contributed by atoms with Crippen LogP contribution in [0.4, 0.5) is 0 Å². The van der Waals surface area contributed by atoms with E-state index >= 15 is 0 Å². The van der Waals surface area contributed by atoms with Gasteiger partial charge in [-0.15, -0.1) is 0 Å². The molecule has 1 aromatic carbocycles. The number of hydrogen-bond acceptors (Lipinski definition) is 4. The minimum Gasteiger partial charge on any atom is -0.508 e. The maximum atomic E-state index is 11.0. The first-order chi connectivity index (χ1) is 9.47. The highest BCUT2D eigenvalue weighted by Crippen LogP contribution is 2.19. The number of rotatable bonds is 5. The number of aromatic nitrogens is 2. The quantitative estimate of drug-likeness (QED) is 0.876. The van der Waals surface area contributed by atoms with Crippen LogP contribution in [0.25, 0.3) is 0 Å². The number of ether oxygens (including phenoxy) is 1. The Hall–Kier alpha value is -2.50. The van der Waals surface area contributed by atoms with E-state index < -0.39 is 5.97 Å². The van der Waals surface area contributed by atoms with Crippen molar-refractivity contribution in [2.24, 2.45) is 0 Å². The summed E-state index contributed by atoms with van der Waals surface area (Å²) in [5.74, 6) is 0.0739. The molecule has 0 bridgehead atoms. The molecule has 0 radical (unpaired) electrons. The third kappa shape index (κ3) is 3.09. The number of aromatic carboxylic acids is 1. The van der Waals surface area contributed by atoms with Crippen molar-refractivity contribution in [2.75, 3.05) is 0 Å². The van der Waals surface area contributed by atoms with Gasteiger partial charge < -0.3 is 19.5 Å². The van der Waals surface area contributed by atoms with E-state index in [0.717, 1.165) is 0 Å². The van der Waals surface area contributed by atoms with E-state index in [9.17, 15) is 9.90 Å².